The van der Waals surface area contributed by atoms with Crippen LogP contribution in [0.3, 0.4) is 0 Å². The summed E-state index contributed by atoms with van der Waals surface area (Å²) in [6.45, 7) is 2.22. The number of nitrogens with zero attached hydrogens (tertiary/aromatic N) is 1. The Bertz CT molecular complexity index is 512. The number of hydrogen-bond donors (Lipinski definition) is 2. The van der Waals surface area contributed by atoms with Gasteiger partial charge in [0.25, 0.3) is 5.91 Å². The summed E-state index contributed by atoms with van der Waals surface area (Å²) in [5.74, 6) is -0.705. The van der Waals surface area contributed by atoms with Crippen LogP contribution in [0, 0.1) is 11.7 Å². The Morgan fingerprint density at radius 3 is 3.15 bits per heavy atom. The quantitative estimate of drug-likeness (QED) is 0.843. The molecule has 2 N–H and O–H groups in total. The first kappa shape index (κ1) is 15.2. The number of nitrogens with one attached hydrogen (secondary N) is 1. The van der Waals surface area contributed by atoms with E-state index in [0.717, 1.165) is 25.1 Å². The largest absolute Gasteiger partial charge is 0.388 e. The van der Waals surface area contributed by atoms with Crippen LogP contribution in [0.5, 0.6) is 0 Å². The lowest BCUT2D eigenvalue weighted by Crippen LogP contribution is -2.45. The van der Waals surface area contributed by atoms with Gasteiger partial charge in [-0.2, -0.15) is 0 Å². The number of pyridine rings is 1. The van der Waals surface area contributed by atoms with Crippen molar-refractivity contribution in [2.45, 2.75) is 38.2 Å². The van der Waals surface area contributed by atoms with E-state index in [2.05, 4.69) is 17.2 Å². The molecule has 0 saturated heterocycles. The predicted molar refractivity (Wildman–Crippen MR) is 74.1 cm³/mol. The summed E-state index contributed by atoms with van der Waals surface area (Å²) in [5.41, 5.74) is -0.903. The van der Waals surface area contributed by atoms with Gasteiger partial charge in [-0.3, -0.25) is 4.79 Å². The van der Waals surface area contributed by atoms with Crippen LogP contribution in [0.25, 0.3) is 0 Å². The van der Waals surface area contributed by atoms with Crippen molar-refractivity contribution in [1.82, 2.24) is 10.3 Å². The summed E-state index contributed by atoms with van der Waals surface area (Å²) in [4.78, 5) is 15.6. The fraction of sp³-hybridized carbons (Fsp3) is 0.571. The molecular weight excluding hydrogens is 283 g/mol. The molecule has 0 aliphatic heterocycles. The number of halogens is 2. The van der Waals surface area contributed by atoms with Gasteiger partial charge < -0.3 is 10.4 Å². The highest BCUT2D eigenvalue weighted by molar-refractivity contribution is 6.32. The molecule has 1 fully saturated rings. The Labute approximate surface area is 122 Å². The second-order valence-electron chi connectivity index (χ2n) is 5.60. The molecule has 2 atom stereocenters. The van der Waals surface area contributed by atoms with E-state index >= 15 is 0 Å². The summed E-state index contributed by atoms with van der Waals surface area (Å²) in [5, 5.41) is 13.0. The third-order valence-corrected chi connectivity index (χ3v) is 4.00. The van der Waals surface area contributed by atoms with Crippen molar-refractivity contribution in [3.05, 3.63) is 28.8 Å². The predicted octanol–water partition coefficient (Wildman–Crippen LogP) is 2.55. The SMILES string of the molecule is CC1CCCC(O)(CNC(=O)c2cc(F)cnc2Cl)C1. The van der Waals surface area contributed by atoms with Crippen molar-refractivity contribution in [2.75, 3.05) is 6.54 Å². The Hall–Kier alpha value is -1.20. The number of rotatable bonds is 3. The third kappa shape index (κ3) is 3.67. The van der Waals surface area contributed by atoms with E-state index in [1.807, 2.05) is 0 Å². The Morgan fingerprint density at radius 1 is 1.70 bits per heavy atom. The molecule has 1 aliphatic rings. The molecule has 0 radical (unpaired) electrons. The van der Waals surface area contributed by atoms with Gasteiger partial charge in [0.15, 0.2) is 0 Å². The second-order valence-corrected chi connectivity index (χ2v) is 5.96. The van der Waals surface area contributed by atoms with E-state index in [4.69, 9.17) is 11.6 Å². The Balaban J connectivity index is 1.99. The van der Waals surface area contributed by atoms with E-state index < -0.39 is 17.3 Å². The lowest BCUT2D eigenvalue weighted by Gasteiger charge is -2.35. The second kappa shape index (κ2) is 6.06. The van der Waals surface area contributed by atoms with E-state index in [1.165, 1.54) is 0 Å². The van der Waals surface area contributed by atoms with Crippen molar-refractivity contribution < 1.29 is 14.3 Å². The minimum absolute atomic E-state index is 0.0147. The average molecular weight is 301 g/mol. The highest BCUT2D eigenvalue weighted by Crippen LogP contribution is 2.31. The van der Waals surface area contributed by atoms with Crippen molar-refractivity contribution in [3.8, 4) is 0 Å². The third-order valence-electron chi connectivity index (χ3n) is 3.70. The molecule has 1 aliphatic carbocycles. The highest BCUT2D eigenvalue weighted by Gasteiger charge is 2.33. The molecular formula is C14H18ClFN2O2. The molecule has 4 nitrogen and oxygen atoms in total. The zero-order chi connectivity index (χ0) is 14.8. The lowest BCUT2D eigenvalue weighted by molar-refractivity contribution is -0.0109. The first-order valence-electron chi connectivity index (χ1n) is 6.71. The molecule has 1 saturated carbocycles. The molecule has 2 unspecified atom stereocenters. The van der Waals surface area contributed by atoms with Crippen LogP contribution in [-0.2, 0) is 0 Å². The molecule has 2 rings (SSSR count). The summed E-state index contributed by atoms with van der Waals surface area (Å²) in [6.07, 6.45) is 4.30. The molecule has 0 aromatic carbocycles. The fourth-order valence-corrected chi connectivity index (χ4v) is 2.90. The monoisotopic (exact) mass is 300 g/mol. The number of aliphatic hydroxyl groups is 1. The molecule has 1 heterocycles. The van der Waals surface area contributed by atoms with Gasteiger partial charge in [0.1, 0.15) is 11.0 Å². The summed E-state index contributed by atoms with van der Waals surface area (Å²) >= 11 is 5.77. The van der Waals surface area contributed by atoms with Crippen LogP contribution < -0.4 is 5.32 Å². The number of hydrogen-bond acceptors (Lipinski definition) is 3. The maximum absolute atomic E-state index is 13.1. The summed E-state index contributed by atoms with van der Waals surface area (Å²) in [6, 6.07) is 1.04. The molecule has 20 heavy (non-hydrogen) atoms. The van der Waals surface area contributed by atoms with Crippen LogP contribution in [0.4, 0.5) is 4.39 Å². The maximum Gasteiger partial charge on any atom is 0.254 e. The topological polar surface area (TPSA) is 62.2 Å². The van der Waals surface area contributed by atoms with Gasteiger partial charge in [0.2, 0.25) is 0 Å². The van der Waals surface area contributed by atoms with Gasteiger partial charge in [-0.15, -0.1) is 0 Å². The summed E-state index contributed by atoms with van der Waals surface area (Å²) in [7, 11) is 0. The van der Waals surface area contributed by atoms with Gasteiger partial charge >= 0.3 is 0 Å². The van der Waals surface area contributed by atoms with Gasteiger partial charge in [-0.05, 0) is 24.8 Å². The smallest absolute Gasteiger partial charge is 0.254 e. The zero-order valence-corrected chi connectivity index (χ0v) is 12.1. The fourth-order valence-electron chi connectivity index (χ4n) is 2.71. The number of aromatic nitrogens is 1. The first-order valence-corrected chi connectivity index (χ1v) is 7.09. The molecule has 0 spiro atoms. The van der Waals surface area contributed by atoms with Crippen LogP contribution >= 0.6 is 11.6 Å². The van der Waals surface area contributed by atoms with E-state index in [0.29, 0.717) is 18.8 Å². The average Bonchev–Trinajstić information content (AvgIpc) is 2.39. The summed E-state index contributed by atoms with van der Waals surface area (Å²) < 4.78 is 13.1. The standard InChI is InChI=1S/C14H18ClFN2O2/c1-9-3-2-4-14(20,6-9)8-18-13(19)11-5-10(16)7-17-12(11)15/h5,7,9,20H,2-4,6,8H2,1H3,(H,18,19). The molecule has 1 aromatic rings. The lowest BCUT2D eigenvalue weighted by atomic mass is 9.79. The van der Waals surface area contributed by atoms with Crippen LogP contribution in [0.1, 0.15) is 43.0 Å². The van der Waals surface area contributed by atoms with Gasteiger partial charge in [-0.25, -0.2) is 9.37 Å². The van der Waals surface area contributed by atoms with E-state index in [-0.39, 0.29) is 17.3 Å². The van der Waals surface area contributed by atoms with Crippen molar-refractivity contribution in [3.63, 3.8) is 0 Å². The number of amides is 1. The normalized spacial score (nSPS) is 26.3. The van der Waals surface area contributed by atoms with Gasteiger partial charge in [-0.1, -0.05) is 31.4 Å². The van der Waals surface area contributed by atoms with Crippen LogP contribution in [-0.4, -0.2) is 28.1 Å². The van der Waals surface area contributed by atoms with E-state index in [9.17, 15) is 14.3 Å². The Kier molecular flexibility index (Phi) is 4.60. The molecule has 1 amide bonds. The van der Waals surface area contributed by atoms with Gasteiger partial charge in [0, 0.05) is 6.54 Å². The number of carbonyl (C=O) groups is 1. The molecule has 110 valence electrons. The zero-order valence-electron chi connectivity index (χ0n) is 11.3. The first-order chi connectivity index (χ1) is 9.39. The molecule has 1 aromatic heterocycles. The van der Waals surface area contributed by atoms with Crippen molar-refractivity contribution >= 4 is 17.5 Å². The Morgan fingerprint density at radius 2 is 2.45 bits per heavy atom. The maximum atomic E-state index is 13.1. The van der Waals surface area contributed by atoms with Crippen LogP contribution in [0.15, 0.2) is 12.3 Å². The van der Waals surface area contributed by atoms with Crippen molar-refractivity contribution in [2.24, 2.45) is 5.92 Å². The number of carbonyl (C=O) groups excluding carboxylic acids is 1. The minimum Gasteiger partial charge on any atom is -0.388 e. The van der Waals surface area contributed by atoms with Crippen LogP contribution in [0.2, 0.25) is 5.15 Å². The van der Waals surface area contributed by atoms with E-state index in [1.54, 1.807) is 0 Å². The molecule has 6 heteroatoms. The highest BCUT2D eigenvalue weighted by atomic mass is 35.5. The minimum atomic E-state index is -0.888. The van der Waals surface area contributed by atoms with Gasteiger partial charge in [0.05, 0.1) is 17.4 Å². The van der Waals surface area contributed by atoms with Crippen molar-refractivity contribution in [1.29, 1.82) is 0 Å². The molecule has 0 bridgehead atoms.